The summed E-state index contributed by atoms with van der Waals surface area (Å²) in [7, 11) is 0. The number of H-pyrrole nitrogens is 1. The number of fused-ring (bicyclic) bond motifs is 1. The average molecular weight is 701 g/mol. The molecule has 0 spiro atoms. The number of nitrogens with zero attached hydrogens (tertiary/aromatic N) is 5. The minimum atomic E-state index is -4.75. The Hall–Kier alpha value is -5.61. The Labute approximate surface area is 280 Å². The lowest BCUT2D eigenvalue weighted by Crippen LogP contribution is -2.26. The van der Waals surface area contributed by atoms with Crippen LogP contribution in [0.25, 0.3) is 33.5 Å². The minimum Gasteiger partial charge on any atom is -0.455 e. The third-order valence-corrected chi connectivity index (χ3v) is 7.89. The largest absolute Gasteiger partial charge is 0.511 e. The third kappa shape index (κ3) is 7.82. The van der Waals surface area contributed by atoms with Crippen LogP contribution >= 0.6 is 0 Å². The number of ether oxygens (including phenoxy) is 4. The van der Waals surface area contributed by atoms with Gasteiger partial charge in [-0.15, -0.1) is 10.2 Å². The molecular weight excluding hydrogens is 671 g/mol. The number of hydrogen-bond acceptors (Lipinski definition) is 10. The number of nitrogens with one attached hydrogen (secondary N) is 1. The van der Waals surface area contributed by atoms with Gasteiger partial charge in [0.25, 0.3) is 6.01 Å². The van der Waals surface area contributed by atoms with Crippen molar-refractivity contribution in [2.45, 2.75) is 64.1 Å². The Bertz CT molecular complexity index is 1970. The molecule has 0 bridgehead atoms. The quantitative estimate of drug-likeness (QED) is 0.0907. The lowest BCUT2D eigenvalue weighted by molar-refractivity contribution is -0.155. The van der Waals surface area contributed by atoms with Crippen molar-refractivity contribution < 1.29 is 50.5 Å². The fraction of sp³-hybridized carbons (Fsp3) is 0.333. The van der Waals surface area contributed by atoms with Crippen LogP contribution in [0.15, 0.2) is 54.6 Å². The van der Waals surface area contributed by atoms with Gasteiger partial charge >= 0.3 is 18.3 Å². The molecular formula is C33H29F5N6O6. The summed E-state index contributed by atoms with van der Waals surface area (Å²) >= 11 is 0. The summed E-state index contributed by atoms with van der Waals surface area (Å²) in [4.78, 5) is 29.8. The number of aromatic nitrogens is 6. The maximum absolute atomic E-state index is 15.7. The molecule has 2 heterocycles. The molecule has 1 unspecified atom stereocenters. The van der Waals surface area contributed by atoms with E-state index in [1.807, 2.05) is 0 Å². The number of imidazole rings is 1. The summed E-state index contributed by atoms with van der Waals surface area (Å²) in [5, 5.41) is 13.5. The van der Waals surface area contributed by atoms with E-state index in [4.69, 9.17) is 18.9 Å². The average Bonchev–Trinajstić information content (AvgIpc) is 3.72. The van der Waals surface area contributed by atoms with Crippen LogP contribution in [-0.4, -0.2) is 67.5 Å². The predicted molar refractivity (Wildman–Crippen MR) is 165 cm³/mol. The predicted octanol–water partition coefficient (Wildman–Crippen LogP) is 7.14. The summed E-state index contributed by atoms with van der Waals surface area (Å²) in [5.41, 5.74) is -0.256. The molecule has 3 aromatic carbocycles. The number of alkyl halides is 3. The zero-order valence-corrected chi connectivity index (χ0v) is 26.4. The highest BCUT2D eigenvalue weighted by Gasteiger charge is 2.31. The summed E-state index contributed by atoms with van der Waals surface area (Å²) < 4.78 is 92.8. The number of halogens is 5. The SMILES string of the molecule is CC(OC(=O)OC1CCCCC1)OC(=O)c1cccc2nc(OCC(F)(F)F)n(Cc3cc(F)c(-c4ccccc4-c4nn[nH]n4)c(F)c3)c12. The fourth-order valence-corrected chi connectivity index (χ4v) is 5.78. The Morgan fingerprint density at radius 2 is 1.70 bits per heavy atom. The van der Waals surface area contributed by atoms with Crippen molar-refractivity contribution in [2.24, 2.45) is 0 Å². The molecule has 1 atom stereocenters. The topological polar surface area (TPSA) is 143 Å². The number of benzene rings is 3. The maximum Gasteiger partial charge on any atom is 0.511 e. The molecule has 6 rings (SSSR count). The van der Waals surface area contributed by atoms with Gasteiger partial charge in [-0.25, -0.2) is 18.4 Å². The number of para-hydroxylation sites is 1. The first kappa shape index (κ1) is 34.3. The third-order valence-electron chi connectivity index (χ3n) is 7.89. The molecule has 2 aromatic heterocycles. The van der Waals surface area contributed by atoms with E-state index in [1.54, 1.807) is 18.2 Å². The number of carbonyl (C=O) groups excluding carboxylic acids is 2. The molecule has 12 nitrogen and oxygen atoms in total. The molecule has 1 fully saturated rings. The van der Waals surface area contributed by atoms with Gasteiger partial charge in [-0.05, 0) is 66.3 Å². The monoisotopic (exact) mass is 700 g/mol. The van der Waals surface area contributed by atoms with Crippen molar-refractivity contribution in [2.75, 3.05) is 6.61 Å². The van der Waals surface area contributed by atoms with Crippen molar-refractivity contribution in [3.8, 4) is 28.5 Å². The lowest BCUT2D eigenvalue weighted by atomic mass is 9.97. The van der Waals surface area contributed by atoms with Crippen molar-refractivity contribution in [3.63, 3.8) is 0 Å². The first-order valence-electron chi connectivity index (χ1n) is 15.5. The number of aromatic amines is 1. The number of rotatable bonds is 10. The molecule has 262 valence electrons. The van der Waals surface area contributed by atoms with Crippen molar-refractivity contribution in [3.05, 3.63) is 77.4 Å². The van der Waals surface area contributed by atoms with E-state index in [-0.39, 0.29) is 39.7 Å². The van der Waals surface area contributed by atoms with Gasteiger partial charge in [-0.1, -0.05) is 36.8 Å². The van der Waals surface area contributed by atoms with Crippen LogP contribution in [-0.2, 0) is 20.8 Å². The molecule has 0 radical (unpaired) electrons. The second-order valence-electron chi connectivity index (χ2n) is 11.5. The van der Waals surface area contributed by atoms with E-state index in [9.17, 15) is 22.8 Å². The Kier molecular flexibility index (Phi) is 9.92. The van der Waals surface area contributed by atoms with E-state index in [1.165, 1.54) is 31.2 Å². The van der Waals surface area contributed by atoms with E-state index in [0.29, 0.717) is 18.4 Å². The second kappa shape index (κ2) is 14.5. The fourth-order valence-electron chi connectivity index (χ4n) is 5.78. The van der Waals surface area contributed by atoms with Gasteiger partial charge in [-0.2, -0.15) is 23.4 Å². The molecule has 1 aliphatic rings. The Balaban J connectivity index is 1.31. The highest BCUT2D eigenvalue weighted by molar-refractivity contribution is 6.02. The van der Waals surface area contributed by atoms with Crippen LogP contribution in [0, 0.1) is 11.6 Å². The van der Waals surface area contributed by atoms with Gasteiger partial charge in [0.2, 0.25) is 12.1 Å². The second-order valence-corrected chi connectivity index (χ2v) is 11.5. The molecule has 0 amide bonds. The number of carbonyl (C=O) groups is 2. The van der Waals surface area contributed by atoms with Crippen LogP contribution in [0.2, 0.25) is 0 Å². The van der Waals surface area contributed by atoms with Crippen LogP contribution in [0.5, 0.6) is 6.01 Å². The highest BCUT2D eigenvalue weighted by Crippen LogP contribution is 2.35. The molecule has 0 aliphatic heterocycles. The van der Waals surface area contributed by atoms with Crippen LogP contribution in [0.3, 0.4) is 0 Å². The molecule has 17 heteroatoms. The maximum atomic E-state index is 15.7. The van der Waals surface area contributed by atoms with Crippen LogP contribution in [0.1, 0.15) is 54.9 Å². The van der Waals surface area contributed by atoms with Crippen molar-refractivity contribution in [1.29, 1.82) is 0 Å². The van der Waals surface area contributed by atoms with Gasteiger partial charge in [-0.3, -0.25) is 4.57 Å². The number of tetrazole rings is 1. The Morgan fingerprint density at radius 3 is 2.38 bits per heavy atom. The van der Waals surface area contributed by atoms with E-state index in [0.717, 1.165) is 36.0 Å². The zero-order chi connectivity index (χ0) is 35.4. The molecule has 50 heavy (non-hydrogen) atoms. The highest BCUT2D eigenvalue weighted by atomic mass is 19.4. The van der Waals surface area contributed by atoms with Gasteiger partial charge in [0.1, 0.15) is 17.7 Å². The Morgan fingerprint density at radius 1 is 0.980 bits per heavy atom. The summed E-state index contributed by atoms with van der Waals surface area (Å²) in [6, 6.07) is 11.8. The van der Waals surface area contributed by atoms with Crippen molar-refractivity contribution >= 4 is 23.2 Å². The first-order chi connectivity index (χ1) is 24.0. The van der Waals surface area contributed by atoms with Gasteiger partial charge in [0.15, 0.2) is 6.61 Å². The number of hydrogen-bond donors (Lipinski definition) is 1. The van der Waals surface area contributed by atoms with Gasteiger partial charge in [0, 0.05) is 12.5 Å². The van der Waals surface area contributed by atoms with Crippen LogP contribution in [0.4, 0.5) is 26.7 Å². The molecule has 1 aliphatic carbocycles. The first-order valence-corrected chi connectivity index (χ1v) is 15.5. The standard InChI is InChI=1S/C33H29F5N6O6/c1-18(49-32(46)50-20-8-3-2-4-9-20)48-30(45)23-12-7-13-26-28(23)44(31(39-26)47-17-33(36,37)38)16-19-14-24(34)27(25(35)15-19)21-10-5-6-11-22(21)29-40-42-43-41-29/h5-7,10-15,18,20H,2-4,8-9,16-17H2,1H3,(H,40,41,42,43). The zero-order valence-electron chi connectivity index (χ0n) is 26.4. The normalized spacial score (nSPS) is 14.4. The molecule has 1 N–H and O–H groups in total. The molecule has 1 saturated carbocycles. The van der Waals surface area contributed by atoms with Gasteiger partial charge < -0.3 is 18.9 Å². The minimum absolute atomic E-state index is 0.0218. The van der Waals surface area contributed by atoms with Crippen LogP contribution < -0.4 is 4.74 Å². The molecule has 0 saturated heterocycles. The van der Waals surface area contributed by atoms with E-state index < -0.39 is 61.0 Å². The summed E-state index contributed by atoms with van der Waals surface area (Å²) in [6.07, 6.45) is -3.23. The summed E-state index contributed by atoms with van der Waals surface area (Å²) in [5.74, 6) is -2.92. The summed E-state index contributed by atoms with van der Waals surface area (Å²) in [6.45, 7) is -0.924. The molecule has 5 aromatic rings. The van der Waals surface area contributed by atoms with Crippen molar-refractivity contribution in [1.82, 2.24) is 30.2 Å². The van der Waals surface area contributed by atoms with E-state index in [2.05, 4.69) is 25.6 Å². The number of esters is 1. The van der Waals surface area contributed by atoms with Gasteiger partial charge in [0.05, 0.1) is 28.7 Å². The lowest BCUT2D eigenvalue weighted by Gasteiger charge is -2.22. The smallest absolute Gasteiger partial charge is 0.455 e. The van der Waals surface area contributed by atoms with E-state index >= 15 is 8.78 Å².